The summed E-state index contributed by atoms with van der Waals surface area (Å²) in [6.45, 7) is 6.05. The number of hydrogen-bond acceptors (Lipinski definition) is 6. The van der Waals surface area contributed by atoms with Crippen molar-refractivity contribution in [3.8, 4) is 0 Å². The molecule has 1 aromatic rings. The van der Waals surface area contributed by atoms with Gasteiger partial charge in [-0.15, -0.1) is 0 Å². The quantitative estimate of drug-likeness (QED) is 0.473. The maximum atomic E-state index is 12.4. The summed E-state index contributed by atoms with van der Waals surface area (Å²) in [5.41, 5.74) is 0.392. The number of esters is 1. The third-order valence-electron chi connectivity index (χ3n) is 3.56. The standard InChI is InChI=1S/C15H23N3O2S/c1-10(2)18-15(12-5-6-12,13(19)20-4)9-21-14-16-7-11(3)8-17-14/h7-8,10,12,18H,5-6,9H2,1-4H3. The summed E-state index contributed by atoms with van der Waals surface area (Å²) in [6.07, 6.45) is 5.71. The first kappa shape index (κ1) is 16.2. The summed E-state index contributed by atoms with van der Waals surface area (Å²) in [7, 11) is 1.45. The van der Waals surface area contributed by atoms with Gasteiger partial charge in [0.25, 0.3) is 0 Å². The summed E-state index contributed by atoms with van der Waals surface area (Å²) < 4.78 is 5.07. The SMILES string of the molecule is COC(=O)C(CSc1ncc(C)cn1)(NC(C)C)C1CC1. The number of nitrogens with one attached hydrogen (secondary N) is 1. The van der Waals surface area contributed by atoms with Crippen molar-refractivity contribution in [2.45, 2.75) is 50.4 Å². The average Bonchev–Trinajstić information content (AvgIpc) is 3.28. The van der Waals surface area contributed by atoms with Crippen LogP contribution in [0, 0.1) is 12.8 Å². The van der Waals surface area contributed by atoms with Gasteiger partial charge in [-0.05, 0) is 45.1 Å². The van der Waals surface area contributed by atoms with E-state index in [1.54, 1.807) is 12.4 Å². The molecule has 1 saturated carbocycles. The van der Waals surface area contributed by atoms with Crippen LogP contribution in [-0.4, -0.2) is 40.4 Å². The molecule has 1 aromatic heterocycles. The van der Waals surface area contributed by atoms with Gasteiger partial charge in [0.15, 0.2) is 5.16 Å². The van der Waals surface area contributed by atoms with Crippen LogP contribution in [0.4, 0.5) is 0 Å². The Balaban J connectivity index is 2.14. The molecule has 1 N–H and O–H groups in total. The Morgan fingerprint density at radius 2 is 2.10 bits per heavy atom. The van der Waals surface area contributed by atoms with E-state index in [1.165, 1.54) is 18.9 Å². The zero-order valence-electron chi connectivity index (χ0n) is 13.0. The topological polar surface area (TPSA) is 64.1 Å². The Morgan fingerprint density at radius 1 is 1.48 bits per heavy atom. The van der Waals surface area contributed by atoms with Crippen LogP contribution in [0.3, 0.4) is 0 Å². The van der Waals surface area contributed by atoms with Crippen LogP contribution in [0.5, 0.6) is 0 Å². The van der Waals surface area contributed by atoms with Crippen molar-refractivity contribution in [1.82, 2.24) is 15.3 Å². The molecule has 2 rings (SSSR count). The van der Waals surface area contributed by atoms with Crippen molar-refractivity contribution in [2.75, 3.05) is 12.9 Å². The Kier molecular flexibility index (Phi) is 5.22. The molecule has 1 aliphatic rings. The van der Waals surface area contributed by atoms with Crippen LogP contribution in [0.15, 0.2) is 17.6 Å². The molecule has 116 valence electrons. The average molecular weight is 309 g/mol. The van der Waals surface area contributed by atoms with E-state index in [4.69, 9.17) is 4.74 Å². The third kappa shape index (κ3) is 3.95. The molecule has 21 heavy (non-hydrogen) atoms. The van der Waals surface area contributed by atoms with Crippen LogP contribution < -0.4 is 5.32 Å². The van der Waals surface area contributed by atoms with Gasteiger partial charge in [-0.3, -0.25) is 10.1 Å². The molecule has 0 amide bonds. The van der Waals surface area contributed by atoms with Crippen molar-refractivity contribution in [1.29, 1.82) is 0 Å². The highest BCUT2D eigenvalue weighted by molar-refractivity contribution is 7.99. The van der Waals surface area contributed by atoms with Gasteiger partial charge in [0.1, 0.15) is 5.54 Å². The normalized spacial score (nSPS) is 17.6. The summed E-state index contributed by atoms with van der Waals surface area (Å²) in [5, 5.41) is 4.13. The summed E-state index contributed by atoms with van der Waals surface area (Å²) >= 11 is 1.50. The number of carbonyl (C=O) groups is 1. The van der Waals surface area contributed by atoms with Gasteiger partial charge in [-0.2, -0.15) is 0 Å². The number of hydrogen-bond donors (Lipinski definition) is 1. The smallest absolute Gasteiger partial charge is 0.327 e. The van der Waals surface area contributed by atoms with Crippen molar-refractivity contribution in [3.05, 3.63) is 18.0 Å². The van der Waals surface area contributed by atoms with E-state index >= 15 is 0 Å². The lowest BCUT2D eigenvalue weighted by atomic mass is 9.94. The molecule has 0 spiro atoms. The molecule has 0 bridgehead atoms. The van der Waals surface area contributed by atoms with Gasteiger partial charge >= 0.3 is 5.97 Å². The molecule has 0 aliphatic heterocycles. The van der Waals surface area contributed by atoms with Gasteiger partial charge in [0.05, 0.1) is 7.11 Å². The summed E-state index contributed by atoms with van der Waals surface area (Å²) in [4.78, 5) is 21.0. The van der Waals surface area contributed by atoms with Crippen LogP contribution in [-0.2, 0) is 9.53 Å². The molecule has 1 atom stereocenters. The number of nitrogens with zero attached hydrogens (tertiary/aromatic N) is 2. The predicted molar refractivity (Wildman–Crippen MR) is 83.2 cm³/mol. The second-order valence-electron chi connectivity index (χ2n) is 5.87. The predicted octanol–water partition coefficient (Wildman–Crippen LogP) is 2.20. The third-order valence-corrected chi connectivity index (χ3v) is 4.63. The van der Waals surface area contributed by atoms with Crippen molar-refractivity contribution >= 4 is 17.7 Å². The minimum atomic E-state index is -0.637. The van der Waals surface area contributed by atoms with E-state index in [1.807, 2.05) is 20.8 Å². The van der Waals surface area contributed by atoms with E-state index in [0.717, 1.165) is 18.4 Å². The first-order chi connectivity index (χ1) is 9.98. The van der Waals surface area contributed by atoms with Crippen LogP contribution in [0.25, 0.3) is 0 Å². The molecule has 1 fully saturated rings. The summed E-state index contributed by atoms with van der Waals surface area (Å²) in [6, 6.07) is 0.212. The van der Waals surface area contributed by atoms with Crippen molar-refractivity contribution < 1.29 is 9.53 Å². The van der Waals surface area contributed by atoms with E-state index in [2.05, 4.69) is 15.3 Å². The lowest BCUT2D eigenvalue weighted by molar-refractivity contribution is -0.148. The second-order valence-corrected chi connectivity index (χ2v) is 6.81. The lowest BCUT2D eigenvalue weighted by Gasteiger charge is -2.33. The van der Waals surface area contributed by atoms with E-state index in [9.17, 15) is 4.79 Å². The second kappa shape index (κ2) is 6.75. The highest BCUT2D eigenvalue weighted by atomic mass is 32.2. The molecule has 5 nitrogen and oxygen atoms in total. The molecular formula is C15H23N3O2S. The fraction of sp³-hybridized carbons (Fsp3) is 0.667. The lowest BCUT2D eigenvalue weighted by Crippen LogP contribution is -2.59. The fourth-order valence-electron chi connectivity index (χ4n) is 2.47. The van der Waals surface area contributed by atoms with E-state index in [-0.39, 0.29) is 12.0 Å². The largest absolute Gasteiger partial charge is 0.468 e. The monoisotopic (exact) mass is 309 g/mol. The molecule has 0 radical (unpaired) electrons. The maximum absolute atomic E-state index is 12.4. The highest BCUT2D eigenvalue weighted by Crippen LogP contribution is 2.43. The fourth-order valence-corrected chi connectivity index (χ4v) is 3.52. The number of aryl methyl sites for hydroxylation is 1. The highest BCUT2D eigenvalue weighted by Gasteiger charge is 2.52. The van der Waals surface area contributed by atoms with Gasteiger partial charge < -0.3 is 4.74 Å². The van der Waals surface area contributed by atoms with E-state index < -0.39 is 5.54 Å². The first-order valence-corrected chi connectivity index (χ1v) is 8.24. The van der Waals surface area contributed by atoms with E-state index in [0.29, 0.717) is 16.8 Å². The number of carbonyl (C=O) groups excluding carboxylic acids is 1. The Hall–Kier alpha value is -1.14. The Morgan fingerprint density at radius 3 is 2.57 bits per heavy atom. The van der Waals surface area contributed by atoms with Crippen molar-refractivity contribution in [2.24, 2.45) is 5.92 Å². The zero-order valence-corrected chi connectivity index (χ0v) is 13.9. The number of thioether (sulfide) groups is 1. The van der Waals surface area contributed by atoms with Gasteiger partial charge in [-0.1, -0.05) is 11.8 Å². The minimum Gasteiger partial charge on any atom is -0.468 e. The molecule has 0 aromatic carbocycles. The Labute approximate surface area is 130 Å². The molecule has 6 heteroatoms. The first-order valence-electron chi connectivity index (χ1n) is 7.25. The minimum absolute atomic E-state index is 0.182. The number of rotatable bonds is 7. The number of methoxy groups -OCH3 is 1. The number of aromatic nitrogens is 2. The van der Waals surface area contributed by atoms with Crippen LogP contribution in [0.2, 0.25) is 0 Å². The maximum Gasteiger partial charge on any atom is 0.327 e. The molecular weight excluding hydrogens is 286 g/mol. The zero-order chi connectivity index (χ0) is 15.5. The van der Waals surface area contributed by atoms with Gasteiger partial charge in [0.2, 0.25) is 0 Å². The molecule has 0 saturated heterocycles. The van der Waals surface area contributed by atoms with Crippen LogP contribution in [0.1, 0.15) is 32.3 Å². The number of ether oxygens (including phenoxy) is 1. The Bertz CT molecular complexity index is 488. The molecule has 1 aliphatic carbocycles. The molecule has 1 heterocycles. The van der Waals surface area contributed by atoms with Gasteiger partial charge in [0, 0.05) is 24.2 Å². The van der Waals surface area contributed by atoms with Crippen molar-refractivity contribution in [3.63, 3.8) is 0 Å². The van der Waals surface area contributed by atoms with Gasteiger partial charge in [-0.25, -0.2) is 9.97 Å². The summed E-state index contributed by atoms with van der Waals surface area (Å²) in [5.74, 6) is 0.745. The molecule has 1 unspecified atom stereocenters. The van der Waals surface area contributed by atoms with Crippen LogP contribution >= 0.6 is 11.8 Å².